The monoisotopic (exact) mass is 1190 g/mol. The number of hydrogen-bond acceptors (Lipinski definition) is 7. The number of esters is 1. The number of phosphoric acid groups is 1. The number of carbonyl (C=O) groups is 2. The summed E-state index contributed by atoms with van der Waals surface area (Å²) in [6, 6.07) is -0.895. The van der Waals surface area contributed by atoms with Crippen LogP contribution >= 0.6 is 7.82 Å². The number of nitrogens with one attached hydrogen (secondary N) is 1. The molecule has 1 N–H and O–H groups in total. The van der Waals surface area contributed by atoms with Gasteiger partial charge in [0.15, 0.2) is 0 Å². The Hall–Kier alpha value is -2.29. The third kappa shape index (κ3) is 64.0. The molecule has 0 radical (unpaired) electrons. The molecule has 0 rings (SSSR count). The van der Waals surface area contributed by atoms with E-state index < -0.39 is 26.6 Å². The largest absolute Gasteiger partial charge is 0.756 e. The molecule has 0 aromatic rings. The minimum atomic E-state index is -4.71. The minimum absolute atomic E-state index is 0.0245. The molecule has 0 heterocycles. The lowest BCUT2D eigenvalue weighted by molar-refractivity contribution is -0.870. The van der Waals surface area contributed by atoms with Crippen LogP contribution in [0, 0.1) is 0 Å². The van der Waals surface area contributed by atoms with Crippen LogP contribution in [0.15, 0.2) is 60.8 Å². The lowest BCUT2D eigenvalue weighted by Crippen LogP contribution is -2.47. The van der Waals surface area contributed by atoms with Crippen molar-refractivity contribution >= 4 is 19.7 Å². The summed E-state index contributed by atoms with van der Waals surface area (Å²) in [5.41, 5.74) is 0. The molecule has 0 saturated heterocycles. The lowest BCUT2D eigenvalue weighted by Gasteiger charge is -2.30. The standard InChI is InChI=1S/C73H137N2O7P/c1-7-10-13-16-19-22-25-28-30-32-34-35-36-37-38-39-41-42-44-47-50-53-56-59-62-65-72(76)74-70(69-81-83(78,79)80-68-67-75(4,5)6)71(64-61-58-55-52-49-46-27-24-21-18-15-12-9-3)82-73(77)66-63-60-57-54-51-48-45-43-40-33-31-29-26-23-20-17-14-11-8-2/h20,23,28-31,40,43,61,64,70-71H,7-19,21-22,24-27,32-39,41-42,44-60,62-63,65-69H2,1-6H3,(H-,74,76,78,79)/b23-20-,30-28+,31-29-,43-40-,64-61-. The normalized spacial score (nSPS) is 13.9. The van der Waals surface area contributed by atoms with E-state index in [2.05, 4.69) is 74.7 Å². The van der Waals surface area contributed by atoms with Crippen molar-refractivity contribution in [2.75, 3.05) is 40.9 Å². The zero-order valence-corrected chi connectivity index (χ0v) is 56.6. The first-order valence-electron chi connectivity index (χ1n) is 35.6. The molecule has 0 spiro atoms. The Bertz CT molecular complexity index is 1600. The molecule has 9 nitrogen and oxygen atoms in total. The molecular weight excluding hydrogens is 1050 g/mol. The first kappa shape index (κ1) is 80.7. The second kappa shape index (κ2) is 62.8. The van der Waals surface area contributed by atoms with Crippen LogP contribution in [0.1, 0.15) is 342 Å². The van der Waals surface area contributed by atoms with E-state index in [1.165, 1.54) is 225 Å². The fourth-order valence-electron chi connectivity index (χ4n) is 10.4. The lowest BCUT2D eigenvalue weighted by atomic mass is 10.0. The maximum Gasteiger partial charge on any atom is 0.306 e. The van der Waals surface area contributed by atoms with Crippen LogP contribution < -0.4 is 10.2 Å². The van der Waals surface area contributed by atoms with Crippen LogP contribution in [0.5, 0.6) is 0 Å². The van der Waals surface area contributed by atoms with Gasteiger partial charge in [-0.25, -0.2) is 0 Å². The van der Waals surface area contributed by atoms with Crippen molar-refractivity contribution in [3.8, 4) is 0 Å². The number of likely N-dealkylation sites (N-methyl/N-ethyl adjacent to an activating group) is 1. The molecule has 3 atom stereocenters. The van der Waals surface area contributed by atoms with Gasteiger partial charge in [0.2, 0.25) is 5.91 Å². The fraction of sp³-hybridized carbons (Fsp3) is 0.836. The van der Waals surface area contributed by atoms with Gasteiger partial charge in [-0.15, -0.1) is 0 Å². The quantitative estimate of drug-likeness (QED) is 0.0212. The summed E-state index contributed by atoms with van der Waals surface area (Å²) in [7, 11) is 1.19. The molecule has 0 aromatic heterocycles. The van der Waals surface area contributed by atoms with Gasteiger partial charge < -0.3 is 28.5 Å². The van der Waals surface area contributed by atoms with Crippen molar-refractivity contribution in [3.05, 3.63) is 60.8 Å². The molecular formula is C73H137N2O7P. The van der Waals surface area contributed by atoms with E-state index in [-0.39, 0.29) is 24.9 Å². The predicted octanol–water partition coefficient (Wildman–Crippen LogP) is 21.9. The number of unbranched alkanes of at least 4 members (excludes halogenated alkanes) is 41. The van der Waals surface area contributed by atoms with Crippen LogP contribution in [0.25, 0.3) is 0 Å². The molecule has 10 heteroatoms. The van der Waals surface area contributed by atoms with Gasteiger partial charge in [-0.1, -0.05) is 294 Å². The van der Waals surface area contributed by atoms with Crippen molar-refractivity contribution in [1.29, 1.82) is 0 Å². The smallest absolute Gasteiger partial charge is 0.306 e. The van der Waals surface area contributed by atoms with Crippen molar-refractivity contribution in [1.82, 2.24) is 5.32 Å². The van der Waals surface area contributed by atoms with E-state index in [1.54, 1.807) is 0 Å². The SMILES string of the molecule is CCCCC/C=C\C/C=C\C/C=C\CCCCCCCCC(=O)OC(/C=C\CCCCCCCCCCCCC)C(COP(=O)([O-])OCC[N+](C)(C)C)NC(=O)CCCCCCCCCCCCCCCCC/C=C/CCCCCCCC. The summed E-state index contributed by atoms with van der Waals surface area (Å²) in [4.78, 5) is 40.2. The van der Waals surface area contributed by atoms with Crippen LogP contribution in [-0.2, 0) is 27.9 Å². The number of allylic oxidation sites excluding steroid dienone is 9. The Balaban J connectivity index is 5.10. The Kier molecular flexibility index (Phi) is 61.0. The highest BCUT2D eigenvalue weighted by Crippen LogP contribution is 2.38. The highest BCUT2D eigenvalue weighted by molar-refractivity contribution is 7.45. The zero-order chi connectivity index (χ0) is 60.7. The molecule has 0 bridgehead atoms. The molecule has 0 aliphatic rings. The number of hydrogen-bond donors (Lipinski definition) is 1. The predicted molar refractivity (Wildman–Crippen MR) is 358 cm³/mol. The third-order valence-corrected chi connectivity index (χ3v) is 16.9. The van der Waals surface area contributed by atoms with Gasteiger partial charge in [0.1, 0.15) is 19.3 Å². The summed E-state index contributed by atoms with van der Waals surface area (Å²) in [5.74, 6) is -0.543. The number of rotatable bonds is 65. The Morgan fingerprint density at radius 2 is 0.735 bits per heavy atom. The number of quaternary nitrogens is 1. The summed E-state index contributed by atoms with van der Waals surface area (Å²) in [5, 5.41) is 3.04. The van der Waals surface area contributed by atoms with Gasteiger partial charge in [-0.05, 0) is 96.0 Å². The first-order chi connectivity index (χ1) is 40.4. The van der Waals surface area contributed by atoms with Crippen molar-refractivity contribution in [2.24, 2.45) is 0 Å². The maximum absolute atomic E-state index is 13.6. The molecule has 0 fully saturated rings. The van der Waals surface area contributed by atoms with Gasteiger partial charge >= 0.3 is 5.97 Å². The van der Waals surface area contributed by atoms with E-state index >= 15 is 0 Å². The van der Waals surface area contributed by atoms with Crippen LogP contribution in [-0.4, -0.2) is 69.4 Å². The van der Waals surface area contributed by atoms with Crippen molar-refractivity contribution in [3.63, 3.8) is 0 Å². The van der Waals surface area contributed by atoms with Gasteiger partial charge in [0, 0.05) is 12.8 Å². The number of nitrogens with zero attached hydrogens (tertiary/aromatic N) is 1. The number of carbonyl (C=O) groups excluding carboxylic acids is 2. The molecule has 0 aliphatic heterocycles. The van der Waals surface area contributed by atoms with E-state index in [0.717, 1.165) is 83.5 Å². The molecule has 0 aromatic carbocycles. The number of phosphoric ester groups is 1. The van der Waals surface area contributed by atoms with Crippen molar-refractivity contribution < 1.29 is 37.3 Å². The second-order valence-electron chi connectivity index (χ2n) is 25.4. The average molecular weight is 1190 g/mol. The Labute approximate surface area is 515 Å². The molecule has 0 aliphatic carbocycles. The number of ether oxygens (including phenoxy) is 1. The molecule has 83 heavy (non-hydrogen) atoms. The summed E-state index contributed by atoms with van der Waals surface area (Å²) in [6.45, 7) is 6.85. The minimum Gasteiger partial charge on any atom is -0.756 e. The zero-order valence-electron chi connectivity index (χ0n) is 55.7. The molecule has 1 amide bonds. The Morgan fingerprint density at radius 3 is 1.13 bits per heavy atom. The molecule has 0 saturated carbocycles. The number of amides is 1. The molecule has 486 valence electrons. The third-order valence-electron chi connectivity index (χ3n) is 15.9. The average Bonchev–Trinajstić information content (AvgIpc) is 3.46. The maximum atomic E-state index is 13.6. The molecule has 3 unspecified atom stereocenters. The summed E-state index contributed by atoms with van der Waals surface area (Å²) < 4.78 is 30.4. The van der Waals surface area contributed by atoms with Gasteiger partial charge in [-0.3, -0.25) is 14.2 Å². The topological polar surface area (TPSA) is 114 Å². The van der Waals surface area contributed by atoms with Crippen molar-refractivity contribution in [2.45, 2.75) is 354 Å². The van der Waals surface area contributed by atoms with Gasteiger partial charge in [-0.2, -0.15) is 0 Å². The van der Waals surface area contributed by atoms with Crippen LogP contribution in [0.4, 0.5) is 0 Å². The summed E-state index contributed by atoms with van der Waals surface area (Å²) in [6.07, 6.45) is 80.5. The van der Waals surface area contributed by atoms with E-state index in [9.17, 15) is 19.0 Å². The summed E-state index contributed by atoms with van der Waals surface area (Å²) >= 11 is 0. The van der Waals surface area contributed by atoms with Crippen LogP contribution in [0.3, 0.4) is 0 Å². The van der Waals surface area contributed by atoms with E-state index in [1.807, 2.05) is 33.3 Å². The first-order valence-corrected chi connectivity index (χ1v) is 37.1. The second-order valence-corrected chi connectivity index (χ2v) is 26.8. The fourth-order valence-corrected chi connectivity index (χ4v) is 11.1. The van der Waals surface area contributed by atoms with Crippen LogP contribution in [0.2, 0.25) is 0 Å². The van der Waals surface area contributed by atoms with Gasteiger partial charge in [0.25, 0.3) is 7.82 Å². The highest BCUT2D eigenvalue weighted by Gasteiger charge is 2.27. The van der Waals surface area contributed by atoms with E-state index in [4.69, 9.17) is 13.8 Å². The van der Waals surface area contributed by atoms with E-state index in [0.29, 0.717) is 17.4 Å². The Morgan fingerprint density at radius 1 is 0.422 bits per heavy atom. The highest BCUT2D eigenvalue weighted by atomic mass is 31.2. The van der Waals surface area contributed by atoms with Gasteiger partial charge in [0.05, 0.1) is 33.8 Å².